The third-order valence-corrected chi connectivity index (χ3v) is 5.03. The minimum atomic E-state index is -0.431. The maximum absolute atomic E-state index is 10.9. The smallest absolute Gasteiger partial charge is 0.269 e. The zero-order valence-electron chi connectivity index (χ0n) is 11.7. The molecular formula is C15H16N2O3S. The largest absolute Gasteiger partial charge is 0.392 e. The van der Waals surface area contributed by atoms with Gasteiger partial charge in [0.1, 0.15) is 0 Å². The van der Waals surface area contributed by atoms with Gasteiger partial charge in [-0.2, -0.15) is 0 Å². The van der Waals surface area contributed by atoms with E-state index in [9.17, 15) is 15.2 Å². The predicted molar refractivity (Wildman–Crippen MR) is 82.8 cm³/mol. The lowest BCUT2D eigenvalue weighted by Crippen LogP contribution is -2.33. The number of hydrogen-bond acceptors (Lipinski definition) is 5. The van der Waals surface area contributed by atoms with E-state index in [2.05, 4.69) is 23.3 Å². The van der Waals surface area contributed by atoms with Gasteiger partial charge in [0, 0.05) is 34.8 Å². The average molecular weight is 304 g/mol. The summed E-state index contributed by atoms with van der Waals surface area (Å²) >= 11 is 1.78. The Balaban J connectivity index is 1.99. The van der Waals surface area contributed by atoms with Crippen molar-refractivity contribution in [2.24, 2.45) is 0 Å². The van der Waals surface area contributed by atoms with E-state index < -0.39 is 4.92 Å². The van der Waals surface area contributed by atoms with Gasteiger partial charge in [-0.15, -0.1) is 11.3 Å². The summed E-state index contributed by atoms with van der Waals surface area (Å²) in [7, 11) is 0. The number of nitro benzene ring substituents is 1. The van der Waals surface area contributed by atoms with Gasteiger partial charge in [0.15, 0.2) is 0 Å². The minimum Gasteiger partial charge on any atom is -0.392 e. The van der Waals surface area contributed by atoms with Gasteiger partial charge in [-0.05, 0) is 36.4 Å². The van der Waals surface area contributed by atoms with Crippen molar-refractivity contribution >= 4 is 22.7 Å². The summed E-state index contributed by atoms with van der Waals surface area (Å²) in [4.78, 5) is 14.1. The summed E-state index contributed by atoms with van der Waals surface area (Å²) in [5.41, 5.74) is 2.82. The molecule has 1 aromatic heterocycles. The molecule has 1 aliphatic heterocycles. The van der Waals surface area contributed by atoms with Gasteiger partial charge in [-0.3, -0.25) is 10.1 Å². The normalized spacial score (nSPS) is 17.6. The highest BCUT2D eigenvalue weighted by molar-refractivity contribution is 7.10. The second-order valence-corrected chi connectivity index (χ2v) is 6.15. The van der Waals surface area contributed by atoms with Crippen LogP contribution in [0.15, 0.2) is 29.6 Å². The molecule has 1 atom stereocenters. The second-order valence-electron chi connectivity index (χ2n) is 5.15. The van der Waals surface area contributed by atoms with Crippen molar-refractivity contribution in [1.29, 1.82) is 0 Å². The number of nitro groups is 1. The van der Waals surface area contributed by atoms with Crippen molar-refractivity contribution in [2.75, 3.05) is 11.4 Å². The Labute approximate surface area is 126 Å². The Kier molecular flexibility index (Phi) is 3.65. The lowest BCUT2D eigenvalue weighted by atomic mass is 9.99. The van der Waals surface area contributed by atoms with Gasteiger partial charge in [-0.25, -0.2) is 0 Å². The molecule has 0 bridgehead atoms. The average Bonchev–Trinajstić information content (AvgIpc) is 2.96. The number of hydrogen-bond donors (Lipinski definition) is 1. The van der Waals surface area contributed by atoms with Crippen LogP contribution in [0, 0.1) is 10.1 Å². The molecule has 2 aromatic rings. The molecule has 1 unspecified atom stereocenters. The number of aliphatic hydroxyl groups excluding tert-OH is 1. The summed E-state index contributed by atoms with van der Waals surface area (Å²) in [5, 5.41) is 22.5. The number of benzene rings is 1. The second kappa shape index (κ2) is 5.46. The topological polar surface area (TPSA) is 66.6 Å². The fraction of sp³-hybridized carbons (Fsp3) is 0.333. The molecule has 0 fully saturated rings. The monoisotopic (exact) mass is 304 g/mol. The number of aliphatic hydroxyl groups is 1. The molecule has 1 aliphatic rings. The van der Waals surface area contributed by atoms with Crippen LogP contribution in [0.2, 0.25) is 0 Å². The van der Waals surface area contributed by atoms with Crippen LogP contribution in [-0.4, -0.2) is 16.6 Å². The quantitative estimate of drug-likeness (QED) is 0.698. The Hall–Kier alpha value is -1.92. The van der Waals surface area contributed by atoms with Gasteiger partial charge in [0.2, 0.25) is 0 Å². The molecule has 2 heterocycles. The molecule has 3 rings (SSSR count). The molecule has 1 N–H and O–H groups in total. The van der Waals surface area contributed by atoms with E-state index in [0.717, 1.165) is 18.7 Å². The van der Waals surface area contributed by atoms with Crippen LogP contribution in [0.25, 0.3) is 0 Å². The first-order chi connectivity index (χ1) is 10.1. The maximum Gasteiger partial charge on any atom is 0.269 e. The van der Waals surface area contributed by atoms with E-state index in [1.807, 2.05) is 0 Å². The van der Waals surface area contributed by atoms with Gasteiger partial charge in [0.25, 0.3) is 5.69 Å². The van der Waals surface area contributed by atoms with E-state index in [0.29, 0.717) is 5.56 Å². The van der Waals surface area contributed by atoms with Crippen LogP contribution in [-0.2, 0) is 13.0 Å². The van der Waals surface area contributed by atoms with E-state index in [4.69, 9.17) is 0 Å². The van der Waals surface area contributed by atoms with Gasteiger partial charge >= 0.3 is 0 Å². The number of fused-ring (bicyclic) bond motifs is 1. The summed E-state index contributed by atoms with van der Waals surface area (Å²) in [6, 6.07) is 7.07. The fourth-order valence-electron chi connectivity index (χ4n) is 2.93. The Bertz CT molecular complexity index is 683. The Morgan fingerprint density at radius 3 is 3.00 bits per heavy atom. The third kappa shape index (κ3) is 2.41. The molecule has 21 heavy (non-hydrogen) atoms. The van der Waals surface area contributed by atoms with E-state index in [-0.39, 0.29) is 18.3 Å². The molecule has 1 aromatic carbocycles. The van der Waals surface area contributed by atoms with E-state index >= 15 is 0 Å². The minimum absolute atomic E-state index is 0.0173. The van der Waals surface area contributed by atoms with Crippen LogP contribution < -0.4 is 4.90 Å². The molecule has 5 nitrogen and oxygen atoms in total. The molecule has 0 saturated carbocycles. The molecule has 0 saturated heterocycles. The first-order valence-electron chi connectivity index (χ1n) is 6.83. The lowest BCUT2D eigenvalue weighted by Gasteiger charge is -2.36. The van der Waals surface area contributed by atoms with Gasteiger partial charge in [-0.1, -0.05) is 0 Å². The number of non-ortho nitro benzene ring substituents is 1. The molecular weight excluding hydrogens is 288 g/mol. The predicted octanol–water partition coefficient (Wildman–Crippen LogP) is 3.27. The summed E-state index contributed by atoms with van der Waals surface area (Å²) in [5.74, 6) is 0. The number of thiophene rings is 1. The first kappa shape index (κ1) is 14.0. The third-order valence-electron chi connectivity index (χ3n) is 4.03. The van der Waals surface area contributed by atoms with Gasteiger partial charge in [0.05, 0.1) is 17.6 Å². The summed E-state index contributed by atoms with van der Waals surface area (Å²) in [6.07, 6.45) is 0.971. The molecule has 0 radical (unpaired) electrons. The van der Waals surface area contributed by atoms with Crippen LogP contribution in [0.1, 0.15) is 29.0 Å². The Morgan fingerprint density at radius 1 is 1.48 bits per heavy atom. The Morgan fingerprint density at radius 2 is 2.29 bits per heavy atom. The van der Waals surface area contributed by atoms with Crippen molar-refractivity contribution < 1.29 is 10.0 Å². The first-order valence-corrected chi connectivity index (χ1v) is 7.71. The standard InChI is InChI=1S/C15H16N2O3S/c1-10-13-5-7-21-15(13)4-6-16(10)14-3-2-12(17(19)20)8-11(14)9-18/h2-3,5,7-8,10,18H,4,6,9H2,1H3. The highest BCUT2D eigenvalue weighted by atomic mass is 32.1. The van der Waals surface area contributed by atoms with Crippen molar-refractivity contribution in [1.82, 2.24) is 0 Å². The van der Waals surface area contributed by atoms with Crippen LogP contribution >= 0.6 is 11.3 Å². The van der Waals surface area contributed by atoms with Crippen molar-refractivity contribution in [3.05, 3.63) is 55.8 Å². The van der Waals surface area contributed by atoms with Crippen LogP contribution in [0.5, 0.6) is 0 Å². The number of nitrogens with zero attached hydrogens (tertiary/aromatic N) is 2. The zero-order valence-corrected chi connectivity index (χ0v) is 12.5. The van der Waals surface area contributed by atoms with Crippen molar-refractivity contribution in [3.8, 4) is 0 Å². The zero-order chi connectivity index (χ0) is 15.0. The van der Waals surface area contributed by atoms with Crippen molar-refractivity contribution in [2.45, 2.75) is 26.0 Å². The lowest BCUT2D eigenvalue weighted by molar-refractivity contribution is -0.384. The molecule has 0 spiro atoms. The van der Waals surface area contributed by atoms with E-state index in [1.165, 1.54) is 22.6 Å². The van der Waals surface area contributed by atoms with Crippen LogP contribution in [0.3, 0.4) is 0 Å². The molecule has 6 heteroatoms. The van der Waals surface area contributed by atoms with Crippen LogP contribution in [0.4, 0.5) is 11.4 Å². The summed E-state index contributed by atoms with van der Waals surface area (Å²) in [6.45, 7) is 2.80. The highest BCUT2D eigenvalue weighted by Crippen LogP contribution is 2.38. The van der Waals surface area contributed by atoms with Gasteiger partial charge < -0.3 is 10.0 Å². The number of rotatable bonds is 3. The fourth-order valence-corrected chi connectivity index (χ4v) is 3.89. The highest BCUT2D eigenvalue weighted by Gasteiger charge is 2.26. The molecule has 0 aliphatic carbocycles. The van der Waals surface area contributed by atoms with Crippen molar-refractivity contribution in [3.63, 3.8) is 0 Å². The van der Waals surface area contributed by atoms with E-state index in [1.54, 1.807) is 17.4 Å². The number of anilines is 1. The molecule has 110 valence electrons. The molecule has 0 amide bonds. The maximum atomic E-state index is 10.9. The SMILES string of the molecule is CC1c2ccsc2CCN1c1ccc([N+](=O)[O-])cc1CO. The summed E-state index contributed by atoms with van der Waals surface area (Å²) < 4.78 is 0.